The Bertz CT molecular complexity index is 95.0. The van der Waals surface area contributed by atoms with Gasteiger partial charge < -0.3 is 0 Å². The molecule has 0 rings (SSSR count). The SMILES string of the molecule is CCCN([C]=O)NC=O. The monoisotopic (exact) mass is 129 g/mol. The number of nitrogens with one attached hydrogen (secondary N) is 1. The molecule has 1 radical (unpaired) electrons. The normalized spacial score (nSPS) is 8.11. The Morgan fingerprint density at radius 3 is 2.78 bits per heavy atom. The number of carbonyl (C=O) groups is 1. The van der Waals surface area contributed by atoms with E-state index in [1.807, 2.05) is 6.92 Å². The summed E-state index contributed by atoms with van der Waals surface area (Å²) in [5.41, 5.74) is 2.16. The van der Waals surface area contributed by atoms with E-state index in [1.165, 1.54) is 0 Å². The van der Waals surface area contributed by atoms with Crippen molar-refractivity contribution in [2.45, 2.75) is 13.3 Å². The van der Waals surface area contributed by atoms with Gasteiger partial charge in [0.15, 0.2) is 0 Å². The van der Waals surface area contributed by atoms with Crippen molar-refractivity contribution in [3.63, 3.8) is 0 Å². The summed E-state index contributed by atoms with van der Waals surface area (Å²) in [6.07, 6.45) is 2.79. The Labute approximate surface area is 53.8 Å². The second-order valence-corrected chi connectivity index (χ2v) is 1.49. The zero-order valence-corrected chi connectivity index (χ0v) is 5.26. The van der Waals surface area contributed by atoms with Gasteiger partial charge in [-0.15, -0.1) is 0 Å². The van der Waals surface area contributed by atoms with Gasteiger partial charge in [0.05, 0.1) is 0 Å². The lowest BCUT2D eigenvalue weighted by molar-refractivity contribution is -0.112. The molecule has 0 aliphatic heterocycles. The molecule has 0 aromatic heterocycles. The molecule has 9 heavy (non-hydrogen) atoms. The van der Waals surface area contributed by atoms with Crippen LogP contribution in [-0.2, 0) is 9.59 Å². The molecule has 0 unspecified atom stereocenters. The van der Waals surface area contributed by atoms with Gasteiger partial charge in [0.2, 0.25) is 6.41 Å². The van der Waals surface area contributed by atoms with Crippen molar-refractivity contribution in [2.24, 2.45) is 0 Å². The first-order chi connectivity index (χ1) is 4.35. The van der Waals surface area contributed by atoms with E-state index in [4.69, 9.17) is 0 Å². The molecule has 0 aromatic carbocycles. The Kier molecular flexibility index (Phi) is 4.49. The number of amides is 2. The van der Waals surface area contributed by atoms with Crippen molar-refractivity contribution < 1.29 is 9.59 Å². The average molecular weight is 129 g/mol. The van der Waals surface area contributed by atoms with Crippen LogP contribution in [0.1, 0.15) is 13.3 Å². The van der Waals surface area contributed by atoms with Gasteiger partial charge in [-0.25, -0.2) is 5.01 Å². The van der Waals surface area contributed by atoms with Crippen molar-refractivity contribution in [1.82, 2.24) is 10.4 Å². The highest BCUT2D eigenvalue weighted by Crippen LogP contribution is 1.78. The predicted octanol–water partition coefficient (Wildman–Crippen LogP) is -0.573. The van der Waals surface area contributed by atoms with E-state index in [-0.39, 0.29) is 0 Å². The quantitative estimate of drug-likeness (QED) is 0.307. The minimum absolute atomic E-state index is 0.445. The maximum atomic E-state index is 9.86. The van der Waals surface area contributed by atoms with Gasteiger partial charge in [0.25, 0.3) is 0 Å². The summed E-state index contributed by atoms with van der Waals surface area (Å²) in [5, 5.41) is 1.06. The molecular formula is C5H9N2O2. The number of hydrogen-bond donors (Lipinski definition) is 1. The Balaban J connectivity index is 3.40. The molecule has 0 aliphatic rings. The Hall–Kier alpha value is -1.06. The average Bonchev–Trinajstić information content (AvgIpc) is 1.88. The van der Waals surface area contributed by atoms with E-state index in [0.29, 0.717) is 13.0 Å². The van der Waals surface area contributed by atoms with E-state index in [2.05, 4.69) is 5.43 Å². The summed E-state index contributed by atoms with van der Waals surface area (Å²) in [6.45, 7) is 2.40. The van der Waals surface area contributed by atoms with Crippen LogP contribution in [0.5, 0.6) is 0 Å². The lowest BCUT2D eigenvalue weighted by Crippen LogP contribution is -2.36. The molecule has 0 saturated heterocycles. The van der Waals surface area contributed by atoms with Crippen molar-refractivity contribution in [2.75, 3.05) is 6.54 Å². The number of hydrogen-bond acceptors (Lipinski definition) is 2. The molecule has 0 fully saturated rings. The first-order valence-electron chi connectivity index (χ1n) is 2.70. The summed E-state index contributed by atoms with van der Waals surface area (Å²) in [7, 11) is 0. The van der Waals surface area contributed by atoms with Gasteiger partial charge in [0.1, 0.15) is 0 Å². The smallest absolute Gasteiger partial charge is 0.277 e. The lowest BCUT2D eigenvalue weighted by Gasteiger charge is -2.11. The van der Waals surface area contributed by atoms with Gasteiger partial charge in [-0.05, 0) is 6.42 Å². The molecule has 51 valence electrons. The van der Waals surface area contributed by atoms with Crippen LogP contribution in [0.3, 0.4) is 0 Å². The van der Waals surface area contributed by atoms with Gasteiger partial charge in [-0.3, -0.25) is 15.0 Å². The summed E-state index contributed by atoms with van der Waals surface area (Å²) < 4.78 is 0. The summed E-state index contributed by atoms with van der Waals surface area (Å²) in [4.78, 5) is 19.6. The van der Waals surface area contributed by atoms with Crippen LogP contribution >= 0.6 is 0 Å². The van der Waals surface area contributed by atoms with Crippen LogP contribution in [-0.4, -0.2) is 24.4 Å². The van der Waals surface area contributed by atoms with Crippen LogP contribution in [0.15, 0.2) is 0 Å². The van der Waals surface area contributed by atoms with Crippen molar-refractivity contribution >= 4 is 12.8 Å². The third kappa shape index (κ3) is 3.52. The van der Waals surface area contributed by atoms with Gasteiger partial charge in [0, 0.05) is 6.54 Å². The van der Waals surface area contributed by atoms with E-state index < -0.39 is 0 Å². The molecule has 0 saturated carbocycles. The van der Waals surface area contributed by atoms with Gasteiger partial charge in [-0.1, -0.05) is 6.92 Å². The minimum Gasteiger partial charge on any atom is -0.277 e. The minimum atomic E-state index is 0.445. The first kappa shape index (κ1) is 7.94. The van der Waals surface area contributed by atoms with E-state index in [9.17, 15) is 9.59 Å². The molecule has 1 N–H and O–H groups in total. The third-order valence-corrected chi connectivity index (χ3v) is 0.766. The predicted molar refractivity (Wildman–Crippen MR) is 31.9 cm³/mol. The fourth-order valence-corrected chi connectivity index (χ4v) is 0.424. The van der Waals surface area contributed by atoms with Crippen LogP contribution in [0, 0.1) is 0 Å². The summed E-state index contributed by atoms with van der Waals surface area (Å²) in [5.74, 6) is 0. The number of carbonyl (C=O) groups excluding carboxylic acids is 2. The topological polar surface area (TPSA) is 49.4 Å². The van der Waals surface area contributed by atoms with Crippen molar-refractivity contribution in [3.05, 3.63) is 0 Å². The van der Waals surface area contributed by atoms with E-state index in [0.717, 1.165) is 11.4 Å². The third-order valence-electron chi connectivity index (χ3n) is 0.766. The van der Waals surface area contributed by atoms with E-state index >= 15 is 0 Å². The highest BCUT2D eigenvalue weighted by atomic mass is 16.2. The summed E-state index contributed by atoms with van der Waals surface area (Å²) in [6, 6.07) is 0. The molecule has 0 heterocycles. The largest absolute Gasteiger partial charge is 0.332 e. The maximum Gasteiger partial charge on any atom is 0.332 e. The second kappa shape index (κ2) is 5.08. The van der Waals surface area contributed by atoms with Crippen LogP contribution in [0.25, 0.3) is 0 Å². The Morgan fingerprint density at radius 1 is 1.78 bits per heavy atom. The van der Waals surface area contributed by atoms with Crippen LogP contribution in [0.2, 0.25) is 0 Å². The number of nitrogens with zero attached hydrogens (tertiary/aromatic N) is 1. The zero-order chi connectivity index (χ0) is 7.11. The van der Waals surface area contributed by atoms with Crippen LogP contribution in [0.4, 0.5) is 0 Å². The standard InChI is InChI=1S/C5H9N2O2/c1-2-3-7(5-9)6-4-8/h4H,2-3H2,1H3,(H,6,8). The van der Waals surface area contributed by atoms with Crippen LogP contribution < -0.4 is 5.43 Å². The highest BCUT2D eigenvalue weighted by Gasteiger charge is 1.95. The molecular weight excluding hydrogens is 120 g/mol. The molecule has 0 aromatic rings. The second-order valence-electron chi connectivity index (χ2n) is 1.49. The number of hydrazine groups is 1. The zero-order valence-electron chi connectivity index (χ0n) is 5.26. The fourth-order valence-electron chi connectivity index (χ4n) is 0.424. The number of rotatable bonds is 5. The molecule has 2 amide bonds. The molecule has 0 aliphatic carbocycles. The van der Waals surface area contributed by atoms with Crippen molar-refractivity contribution in [3.8, 4) is 0 Å². The summed E-state index contributed by atoms with van der Waals surface area (Å²) >= 11 is 0. The molecule has 4 heteroatoms. The van der Waals surface area contributed by atoms with E-state index in [1.54, 1.807) is 6.41 Å². The first-order valence-corrected chi connectivity index (χ1v) is 2.70. The van der Waals surface area contributed by atoms with Crippen molar-refractivity contribution in [1.29, 1.82) is 0 Å². The molecule has 0 spiro atoms. The van der Waals surface area contributed by atoms with Gasteiger partial charge in [-0.2, -0.15) is 0 Å². The Morgan fingerprint density at radius 2 is 2.44 bits per heavy atom. The highest BCUT2D eigenvalue weighted by molar-refractivity contribution is 5.54. The molecule has 0 bridgehead atoms. The fraction of sp³-hybridized carbons (Fsp3) is 0.600. The van der Waals surface area contributed by atoms with Gasteiger partial charge >= 0.3 is 6.41 Å². The molecule has 0 atom stereocenters. The molecule has 4 nitrogen and oxygen atoms in total. The lowest BCUT2D eigenvalue weighted by atomic mass is 10.5. The maximum absolute atomic E-state index is 9.86.